The third-order valence-corrected chi connectivity index (χ3v) is 0.935. The maximum atomic E-state index is 5.36. The molecule has 0 fully saturated rings. The van der Waals surface area contributed by atoms with Gasteiger partial charge in [-0.3, -0.25) is 4.68 Å². The second kappa shape index (κ2) is 2.59. The van der Waals surface area contributed by atoms with Gasteiger partial charge in [-0.25, -0.2) is 0 Å². The number of hydrogen-bond acceptors (Lipinski definition) is 3. The van der Waals surface area contributed by atoms with E-state index in [-0.39, 0.29) is 12.4 Å². The van der Waals surface area contributed by atoms with Crippen LogP contribution >= 0.6 is 12.4 Å². The van der Waals surface area contributed by atoms with Gasteiger partial charge in [0.25, 0.3) is 0 Å². The van der Waals surface area contributed by atoms with Gasteiger partial charge in [0.1, 0.15) is 11.6 Å². The zero-order chi connectivity index (χ0) is 6.15. The molecule has 0 spiro atoms. The first kappa shape index (κ1) is 8.10. The van der Waals surface area contributed by atoms with Gasteiger partial charge >= 0.3 is 0 Å². The molecule has 5 heteroatoms. The summed E-state index contributed by atoms with van der Waals surface area (Å²) in [6, 6.07) is 1.61. The zero-order valence-electron chi connectivity index (χ0n) is 5.03. The third kappa shape index (κ3) is 1.50. The van der Waals surface area contributed by atoms with E-state index in [1.165, 1.54) is 4.68 Å². The Morgan fingerprint density at radius 2 is 2.11 bits per heavy atom. The fourth-order valence-electron chi connectivity index (χ4n) is 0.505. The van der Waals surface area contributed by atoms with Crippen LogP contribution in [0.1, 0.15) is 0 Å². The average Bonchev–Trinajstić information content (AvgIpc) is 1.85. The molecule has 0 aromatic carbocycles. The predicted octanol–water partition coefficient (Wildman–Crippen LogP) is 0.00630. The predicted molar refractivity (Wildman–Crippen MR) is 39.3 cm³/mol. The SMILES string of the molecule is Cl.Cn1nc(N)cc1N. The quantitative estimate of drug-likeness (QED) is 0.545. The van der Waals surface area contributed by atoms with E-state index in [0.717, 1.165) is 0 Å². The number of rotatable bonds is 0. The molecule has 1 heterocycles. The maximum absolute atomic E-state index is 5.36. The number of nitrogens with two attached hydrogens (primary N) is 2. The first-order valence-corrected chi connectivity index (χ1v) is 2.25. The van der Waals surface area contributed by atoms with Gasteiger partial charge in [-0.2, -0.15) is 5.10 Å². The molecular weight excluding hydrogens is 140 g/mol. The minimum atomic E-state index is 0. The van der Waals surface area contributed by atoms with E-state index in [9.17, 15) is 0 Å². The summed E-state index contributed by atoms with van der Waals surface area (Å²) in [5, 5.41) is 3.78. The smallest absolute Gasteiger partial charge is 0.147 e. The number of anilines is 2. The lowest BCUT2D eigenvalue weighted by Crippen LogP contribution is -1.96. The standard InChI is InChI=1S/C4H8N4.ClH/c1-8-4(6)2-3(5)7-8;/h2H,6H2,1H3,(H2,5,7);1H. The normalized spacial score (nSPS) is 8.56. The maximum Gasteiger partial charge on any atom is 0.147 e. The molecule has 1 aromatic heterocycles. The van der Waals surface area contributed by atoms with Crippen LogP contribution in [0.2, 0.25) is 0 Å². The summed E-state index contributed by atoms with van der Waals surface area (Å²) in [4.78, 5) is 0. The van der Waals surface area contributed by atoms with Crippen molar-refractivity contribution in [2.45, 2.75) is 0 Å². The molecular formula is C4H9ClN4. The Hall–Kier alpha value is -0.900. The molecule has 0 aliphatic carbocycles. The lowest BCUT2D eigenvalue weighted by molar-refractivity contribution is 0.783. The average molecular weight is 149 g/mol. The van der Waals surface area contributed by atoms with Crippen LogP contribution in [0.3, 0.4) is 0 Å². The van der Waals surface area contributed by atoms with Crippen molar-refractivity contribution in [3.05, 3.63) is 6.07 Å². The summed E-state index contributed by atoms with van der Waals surface area (Å²) in [5.74, 6) is 1.05. The fourth-order valence-corrected chi connectivity index (χ4v) is 0.505. The van der Waals surface area contributed by atoms with Crippen LogP contribution in [0, 0.1) is 0 Å². The van der Waals surface area contributed by atoms with Crippen molar-refractivity contribution in [3.63, 3.8) is 0 Å². The Labute approximate surface area is 59.2 Å². The molecule has 0 radical (unpaired) electrons. The zero-order valence-corrected chi connectivity index (χ0v) is 5.85. The summed E-state index contributed by atoms with van der Waals surface area (Å²) in [6.07, 6.45) is 0. The number of halogens is 1. The van der Waals surface area contributed by atoms with Crippen LogP contribution < -0.4 is 11.5 Å². The molecule has 1 aromatic rings. The van der Waals surface area contributed by atoms with Crippen LogP contribution in [-0.4, -0.2) is 9.78 Å². The Kier molecular flexibility index (Phi) is 2.33. The van der Waals surface area contributed by atoms with Gasteiger partial charge in [-0.15, -0.1) is 12.4 Å². The number of aryl methyl sites for hydroxylation is 1. The van der Waals surface area contributed by atoms with Crippen molar-refractivity contribution in [2.24, 2.45) is 7.05 Å². The van der Waals surface area contributed by atoms with Gasteiger partial charge in [0, 0.05) is 13.1 Å². The van der Waals surface area contributed by atoms with Gasteiger partial charge in [0.15, 0.2) is 0 Å². The van der Waals surface area contributed by atoms with Crippen molar-refractivity contribution in [2.75, 3.05) is 11.5 Å². The Balaban J connectivity index is 0.000000640. The van der Waals surface area contributed by atoms with Crippen LogP contribution in [0.25, 0.3) is 0 Å². The molecule has 4 nitrogen and oxygen atoms in total. The first-order chi connectivity index (χ1) is 3.70. The highest BCUT2D eigenvalue weighted by Gasteiger charge is 1.93. The van der Waals surface area contributed by atoms with Gasteiger partial charge in [-0.1, -0.05) is 0 Å². The largest absolute Gasteiger partial charge is 0.384 e. The molecule has 0 unspecified atom stereocenters. The highest BCUT2D eigenvalue weighted by molar-refractivity contribution is 5.85. The minimum Gasteiger partial charge on any atom is -0.384 e. The van der Waals surface area contributed by atoms with Crippen LogP contribution in [0.15, 0.2) is 6.07 Å². The molecule has 1 rings (SSSR count). The van der Waals surface area contributed by atoms with Crippen LogP contribution in [0.5, 0.6) is 0 Å². The summed E-state index contributed by atoms with van der Waals surface area (Å²) in [5.41, 5.74) is 10.6. The van der Waals surface area contributed by atoms with E-state index in [4.69, 9.17) is 11.5 Å². The summed E-state index contributed by atoms with van der Waals surface area (Å²) >= 11 is 0. The Morgan fingerprint density at radius 3 is 2.22 bits per heavy atom. The Bertz CT molecular complexity index is 175. The molecule has 0 atom stereocenters. The van der Waals surface area contributed by atoms with Crippen molar-refractivity contribution in [3.8, 4) is 0 Å². The molecule has 9 heavy (non-hydrogen) atoms. The van der Waals surface area contributed by atoms with Gasteiger partial charge < -0.3 is 11.5 Å². The topological polar surface area (TPSA) is 69.9 Å². The van der Waals surface area contributed by atoms with Gasteiger partial charge in [-0.05, 0) is 0 Å². The highest BCUT2D eigenvalue weighted by atomic mass is 35.5. The second-order valence-electron chi connectivity index (χ2n) is 1.62. The molecule has 0 aliphatic heterocycles. The number of aromatic nitrogens is 2. The highest BCUT2D eigenvalue weighted by Crippen LogP contribution is 2.03. The van der Waals surface area contributed by atoms with E-state index in [1.807, 2.05) is 0 Å². The van der Waals surface area contributed by atoms with Crippen molar-refractivity contribution in [1.82, 2.24) is 9.78 Å². The molecule has 0 aliphatic rings. The molecule has 4 N–H and O–H groups in total. The number of nitrogen functional groups attached to an aromatic ring is 2. The monoisotopic (exact) mass is 148 g/mol. The van der Waals surface area contributed by atoms with E-state index in [0.29, 0.717) is 11.6 Å². The van der Waals surface area contributed by atoms with E-state index in [2.05, 4.69) is 5.10 Å². The molecule has 0 saturated heterocycles. The summed E-state index contributed by atoms with van der Waals surface area (Å²) < 4.78 is 1.52. The van der Waals surface area contributed by atoms with Gasteiger partial charge in [0.05, 0.1) is 0 Å². The molecule has 52 valence electrons. The second-order valence-corrected chi connectivity index (χ2v) is 1.62. The minimum absolute atomic E-state index is 0. The fraction of sp³-hybridized carbons (Fsp3) is 0.250. The van der Waals surface area contributed by atoms with Crippen molar-refractivity contribution >= 4 is 24.0 Å². The van der Waals surface area contributed by atoms with Crippen LogP contribution in [-0.2, 0) is 7.05 Å². The number of hydrogen-bond donors (Lipinski definition) is 2. The summed E-state index contributed by atoms with van der Waals surface area (Å²) in [7, 11) is 1.74. The van der Waals surface area contributed by atoms with Gasteiger partial charge in [0.2, 0.25) is 0 Å². The third-order valence-electron chi connectivity index (χ3n) is 0.935. The van der Waals surface area contributed by atoms with Crippen LogP contribution in [0.4, 0.5) is 11.6 Å². The lowest BCUT2D eigenvalue weighted by Gasteiger charge is -1.87. The first-order valence-electron chi connectivity index (χ1n) is 2.25. The summed E-state index contributed by atoms with van der Waals surface area (Å²) in [6.45, 7) is 0. The Morgan fingerprint density at radius 1 is 1.56 bits per heavy atom. The molecule has 0 amide bonds. The number of nitrogens with zero attached hydrogens (tertiary/aromatic N) is 2. The molecule has 0 bridgehead atoms. The van der Waals surface area contributed by atoms with E-state index < -0.39 is 0 Å². The lowest BCUT2D eigenvalue weighted by atomic mass is 10.6. The molecule has 0 saturated carbocycles. The van der Waals surface area contributed by atoms with E-state index in [1.54, 1.807) is 13.1 Å². The van der Waals surface area contributed by atoms with Crippen molar-refractivity contribution < 1.29 is 0 Å². The van der Waals surface area contributed by atoms with E-state index >= 15 is 0 Å². The van der Waals surface area contributed by atoms with Crippen molar-refractivity contribution in [1.29, 1.82) is 0 Å².